The fraction of sp³-hybridized carbons (Fsp3) is 0.304. The number of hydrogen-bond acceptors (Lipinski definition) is 3. The molecule has 4 nitrogen and oxygen atoms in total. The second kappa shape index (κ2) is 7.68. The van der Waals surface area contributed by atoms with Crippen LogP contribution in [0, 0.1) is 5.82 Å². The molecule has 1 fully saturated rings. The van der Waals surface area contributed by atoms with Gasteiger partial charge in [-0.25, -0.2) is 4.39 Å². The molecule has 1 aliphatic heterocycles. The van der Waals surface area contributed by atoms with Gasteiger partial charge in [-0.1, -0.05) is 30.3 Å². The fourth-order valence-corrected chi connectivity index (χ4v) is 3.98. The highest BCUT2D eigenvalue weighted by Gasteiger charge is 2.35. The van der Waals surface area contributed by atoms with Gasteiger partial charge in [-0.15, -0.1) is 0 Å². The molecule has 3 aromatic rings. The summed E-state index contributed by atoms with van der Waals surface area (Å²) in [5.41, 5.74) is 1.50. The van der Waals surface area contributed by atoms with Crippen LogP contribution < -0.4 is 5.32 Å². The maximum Gasteiger partial charge on any atom is 0.269 e. The number of nitrogens with one attached hydrogen (secondary N) is 1. The average molecular weight is 377 g/mol. The van der Waals surface area contributed by atoms with Gasteiger partial charge in [0.2, 0.25) is 0 Å². The Hall–Kier alpha value is -2.79. The molecule has 5 heteroatoms. The number of rotatable bonds is 4. The van der Waals surface area contributed by atoms with Crippen molar-refractivity contribution in [2.24, 2.45) is 0 Å². The number of carbonyl (C=O) groups excluding carboxylic acids is 1. The lowest BCUT2D eigenvalue weighted by Crippen LogP contribution is -2.48. The molecule has 1 aliphatic rings. The number of nitrogens with zero attached hydrogens (tertiary/aromatic N) is 2. The molecule has 0 aliphatic carbocycles. The third-order valence-electron chi connectivity index (χ3n) is 5.83. The van der Waals surface area contributed by atoms with E-state index in [2.05, 4.69) is 46.5 Å². The maximum absolute atomic E-state index is 13.5. The van der Waals surface area contributed by atoms with Crippen molar-refractivity contribution in [2.45, 2.75) is 18.3 Å². The average Bonchev–Trinajstić information content (AvgIpc) is 2.73. The Bertz CT molecular complexity index is 982. The molecular formula is C23H24FN3O. The first-order chi connectivity index (χ1) is 13.6. The summed E-state index contributed by atoms with van der Waals surface area (Å²) in [6, 6.07) is 16.6. The Labute approximate surface area is 164 Å². The number of aromatic nitrogens is 1. The van der Waals surface area contributed by atoms with E-state index in [9.17, 15) is 9.18 Å². The van der Waals surface area contributed by atoms with Gasteiger partial charge >= 0.3 is 0 Å². The Morgan fingerprint density at radius 1 is 1.11 bits per heavy atom. The van der Waals surface area contributed by atoms with Crippen molar-refractivity contribution in [3.63, 3.8) is 0 Å². The van der Waals surface area contributed by atoms with Crippen LogP contribution in [0.3, 0.4) is 0 Å². The van der Waals surface area contributed by atoms with Crippen LogP contribution in [0.25, 0.3) is 10.8 Å². The first kappa shape index (κ1) is 18.6. The van der Waals surface area contributed by atoms with E-state index in [4.69, 9.17) is 0 Å². The maximum atomic E-state index is 13.5. The molecule has 2 heterocycles. The van der Waals surface area contributed by atoms with Crippen molar-refractivity contribution in [1.82, 2.24) is 15.2 Å². The number of amides is 1. The van der Waals surface area contributed by atoms with Crippen LogP contribution in [0.15, 0.2) is 60.8 Å². The first-order valence-corrected chi connectivity index (χ1v) is 9.63. The molecule has 4 rings (SSSR count). The predicted octanol–water partition coefficient (Wildman–Crippen LogP) is 3.77. The van der Waals surface area contributed by atoms with Crippen molar-refractivity contribution >= 4 is 16.7 Å². The number of piperidine rings is 1. The van der Waals surface area contributed by atoms with Crippen molar-refractivity contribution in [1.29, 1.82) is 0 Å². The summed E-state index contributed by atoms with van der Waals surface area (Å²) in [6.45, 7) is 2.56. The van der Waals surface area contributed by atoms with E-state index in [1.165, 1.54) is 17.7 Å². The summed E-state index contributed by atoms with van der Waals surface area (Å²) in [5, 5.41) is 4.58. The van der Waals surface area contributed by atoms with Gasteiger partial charge in [0, 0.05) is 23.5 Å². The quantitative estimate of drug-likeness (QED) is 0.753. The Kier molecular flexibility index (Phi) is 5.09. The van der Waals surface area contributed by atoms with Gasteiger partial charge in [0.15, 0.2) is 0 Å². The Balaban J connectivity index is 1.55. The number of hydrogen-bond donors (Lipinski definition) is 1. The van der Waals surface area contributed by atoms with Gasteiger partial charge < -0.3 is 10.2 Å². The summed E-state index contributed by atoms with van der Waals surface area (Å²) in [6.07, 6.45) is 3.60. The van der Waals surface area contributed by atoms with Crippen LogP contribution in [0.1, 0.15) is 28.9 Å². The van der Waals surface area contributed by atoms with E-state index in [0.29, 0.717) is 17.6 Å². The highest BCUT2D eigenvalue weighted by Crippen LogP contribution is 2.34. The lowest BCUT2D eigenvalue weighted by Gasteiger charge is -2.41. The van der Waals surface area contributed by atoms with E-state index in [1.807, 2.05) is 6.07 Å². The predicted molar refractivity (Wildman–Crippen MR) is 109 cm³/mol. The largest absolute Gasteiger partial charge is 0.350 e. The molecule has 1 N–H and O–H groups in total. The summed E-state index contributed by atoms with van der Waals surface area (Å²) >= 11 is 0. The molecule has 0 spiro atoms. The van der Waals surface area contributed by atoms with Crippen LogP contribution in [0.4, 0.5) is 4.39 Å². The highest BCUT2D eigenvalue weighted by atomic mass is 19.1. The number of halogens is 1. The Morgan fingerprint density at radius 2 is 1.86 bits per heavy atom. The highest BCUT2D eigenvalue weighted by molar-refractivity contribution is 5.96. The normalized spacial score (nSPS) is 16.8. The first-order valence-electron chi connectivity index (χ1n) is 9.63. The van der Waals surface area contributed by atoms with Crippen LogP contribution in [0.5, 0.6) is 0 Å². The number of carbonyl (C=O) groups is 1. The minimum Gasteiger partial charge on any atom is -0.350 e. The number of likely N-dealkylation sites (tertiary alicyclic amines) is 1. The zero-order chi connectivity index (χ0) is 19.6. The summed E-state index contributed by atoms with van der Waals surface area (Å²) in [5.74, 6) is -0.542. The van der Waals surface area contributed by atoms with E-state index in [-0.39, 0.29) is 17.1 Å². The molecule has 144 valence electrons. The lowest BCUT2D eigenvalue weighted by atomic mass is 9.72. The van der Waals surface area contributed by atoms with Crippen molar-refractivity contribution in [3.05, 3.63) is 77.9 Å². The summed E-state index contributed by atoms with van der Waals surface area (Å²) in [7, 11) is 2.13. The van der Waals surface area contributed by atoms with Crippen molar-refractivity contribution in [3.8, 4) is 0 Å². The number of benzene rings is 2. The minimum absolute atomic E-state index is 0.0770. The van der Waals surface area contributed by atoms with E-state index in [0.717, 1.165) is 31.3 Å². The summed E-state index contributed by atoms with van der Waals surface area (Å²) < 4.78 is 13.5. The van der Waals surface area contributed by atoms with Gasteiger partial charge in [0.05, 0.1) is 0 Å². The molecular weight excluding hydrogens is 353 g/mol. The van der Waals surface area contributed by atoms with Crippen LogP contribution in [-0.2, 0) is 5.41 Å². The molecule has 0 radical (unpaired) electrons. The van der Waals surface area contributed by atoms with Crippen molar-refractivity contribution < 1.29 is 9.18 Å². The monoisotopic (exact) mass is 377 g/mol. The molecule has 0 atom stereocenters. The Morgan fingerprint density at radius 3 is 2.61 bits per heavy atom. The molecule has 28 heavy (non-hydrogen) atoms. The minimum atomic E-state index is -0.320. The second-order valence-corrected chi connectivity index (χ2v) is 7.69. The van der Waals surface area contributed by atoms with Gasteiger partial charge in [-0.05, 0) is 68.2 Å². The smallest absolute Gasteiger partial charge is 0.269 e. The van der Waals surface area contributed by atoms with Gasteiger partial charge in [-0.3, -0.25) is 9.78 Å². The molecule has 2 aromatic carbocycles. The third kappa shape index (κ3) is 3.76. The third-order valence-corrected chi connectivity index (χ3v) is 5.83. The fourth-order valence-electron chi connectivity index (χ4n) is 3.98. The van der Waals surface area contributed by atoms with Crippen LogP contribution in [-0.4, -0.2) is 42.5 Å². The SMILES string of the molecule is CN1CCC(CNC(=O)c2cc3cc(F)ccc3cn2)(c2ccccc2)CC1. The standard InChI is InChI=1S/C23H24FN3O/c1-27-11-9-23(10-12-27,19-5-3-2-4-6-19)16-26-22(28)21-14-18-13-20(24)8-7-17(18)15-25-21/h2-8,13-15H,9-12,16H2,1H3,(H,26,28). The molecule has 1 amide bonds. The lowest BCUT2D eigenvalue weighted by molar-refractivity contribution is 0.0923. The van der Waals surface area contributed by atoms with Crippen molar-refractivity contribution in [2.75, 3.05) is 26.7 Å². The van der Waals surface area contributed by atoms with Gasteiger partial charge in [0.1, 0.15) is 11.5 Å². The molecule has 1 saturated heterocycles. The van der Waals surface area contributed by atoms with Crippen LogP contribution in [0.2, 0.25) is 0 Å². The molecule has 1 aromatic heterocycles. The molecule has 0 unspecified atom stereocenters. The van der Waals surface area contributed by atoms with E-state index in [1.54, 1.807) is 18.3 Å². The topological polar surface area (TPSA) is 45.2 Å². The zero-order valence-electron chi connectivity index (χ0n) is 16.0. The summed E-state index contributed by atoms with van der Waals surface area (Å²) in [4.78, 5) is 19.4. The second-order valence-electron chi connectivity index (χ2n) is 7.69. The molecule has 0 bridgehead atoms. The number of pyridine rings is 1. The van der Waals surface area contributed by atoms with Gasteiger partial charge in [0.25, 0.3) is 5.91 Å². The van der Waals surface area contributed by atoms with E-state index < -0.39 is 0 Å². The van der Waals surface area contributed by atoms with Gasteiger partial charge in [-0.2, -0.15) is 0 Å². The van der Waals surface area contributed by atoms with Crippen LogP contribution >= 0.6 is 0 Å². The zero-order valence-corrected chi connectivity index (χ0v) is 16.0. The van der Waals surface area contributed by atoms with E-state index >= 15 is 0 Å². The number of fused-ring (bicyclic) bond motifs is 1. The molecule has 0 saturated carbocycles.